The van der Waals surface area contributed by atoms with Gasteiger partial charge in [-0.2, -0.15) is 0 Å². The van der Waals surface area contributed by atoms with E-state index in [0.29, 0.717) is 10.6 Å². The molecular formula is C18H17Cl2N3O4S. The van der Waals surface area contributed by atoms with Crippen LogP contribution in [0.4, 0.5) is 5.69 Å². The molecule has 1 amide bonds. The summed E-state index contributed by atoms with van der Waals surface area (Å²) in [6.45, 7) is 2.98. The van der Waals surface area contributed by atoms with Crippen LogP contribution in [-0.4, -0.2) is 30.6 Å². The summed E-state index contributed by atoms with van der Waals surface area (Å²) in [5.74, 6) is -0.822. The summed E-state index contributed by atoms with van der Waals surface area (Å²) in [5, 5.41) is 15.5. The summed E-state index contributed by atoms with van der Waals surface area (Å²) < 4.78 is 25.0. The maximum absolute atomic E-state index is 12.5. The van der Waals surface area contributed by atoms with Crippen LogP contribution in [0.15, 0.2) is 46.3 Å². The molecule has 148 valence electrons. The minimum Gasteiger partial charge on any atom is -0.504 e. The van der Waals surface area contributed by atoms with E-state index in [-0.39, 0.29) is 27.5 Å². The number of anilines is 1. The number of rotatable bonds is 4. The number of halogens is 2. The number of benzene rings is 2. The predicted molar refractivity (Wildman–Crippen MR) is 109 cm³/mol. The van der Waals surface area contributed by atoms with Gasteiger partial charge in [0.1, 0.15) is 4.90 Å². The minimum absolute atomic E-state index is 0.0550. The summed E-state index contributed by atoms with van der Waals surface area (Å²) in [5.41, 5.74) is 0.696. The molecule has 2 aromatic carbocycles. The number of amides is 1. The smallest absolute Gasteiger partial charge is 0.256 e. The molecule has 1 unspecified atom stereocenters. The van der Waals surface area contributed by atoms with E-state index in [9.17, 15) is 18.3 Å². The summed E-state index contributed by atoms with van der Waals surface area (Å²) in [4.78, 5) is 16.1. The Labute approximate surface area is 172 Å². The van der Waals surface area contributed by atoms with Crippen molar-refractivity contribution in [1.82, 2.24) is 5.32 Å². The van der Waals surface area contributed by atoms with E-state index < -0.39 is 26.9 Å². The molecule has 10 heteroatoms. The number of carbonyl (C=O) groups is 1. The fourth-order valence-electron chi connectivity index (χ4n) is 2.62. The van der Waals surface area contributed by atoms with Crippen LogP contribution in [0.3, 0.4) is 0 Å². The standard InChI is InChI=1S/C18H17Cl2N3O4S/c1-9(2)28(26,27)16-12(20)7-8-13(15(16)24)21-18-22-14(17(25)23-18)10-3-5-11(19)6-4-10/h3-9,14,24H,1-2H3,(H2,21,22,23,25). The van der Waals surface area contributed by atoms with Crippen molar-refractivity contribution in [3.8, 4) is 5.75 Å². The normalized spacial score (nSPS) is 16.8. The fraction of sp³-hybridized carbons (Fsp3) is 0.222. The molecule has 1 aliphatic rings. The number of nitrogens with zero attached hydrogens (tertiary/aromatic N) is 1. The van der Waals surface area contributed by atoms with Crippen LogP contribution < -0.4 is 10.6 Å². The Morgan fingerprint density at radius 3 is 2.39 bits per heavy atom. The number of hydrogen-bond acceptors (Lipinski definition) is 6. The van der Waals surface area contributed by atoms with Crippen LogP contribution in [0.25, 0.3) is 0 Å². The third kappa shape index (κ3) is 3.80. The van der Waals surface area contributed by atoms with Gasteiger partial charge in [-0.25, -0.2) is 13.4 Å². The van der Waals surface area contributed by atoms with Gasteiger partial charge < -0.3 is 10.4 Å². The number of hydrogen-bond donors (Lipinski definition) is 3. The zero-order valence-electron chi connectivity index (χ0n) is 14.9. The van der Waals surface area contributed by atoms with Crippen molar-refractivity contribution < 1.29 is 18.3 Å². The van der Waals surface area contributed by atoms with Crippen LogP contribution in [0.2, 0.25) is 10.0 Å². The number of nitrogens with one attached hydrogen (secondary N) is 2. The van der Waals surface area contributed by atoms with Crippen molar-refractivity contribution in [2.24, 2.45) is 4.99 Å². The highest BCUT2D eigenvalue weighted by Gasteiger charge is 2.31. The number of phenolic OH excluding ortho intramolecular Hbond substituents is 1. The largest absolute Gasteiger partial charge is 0.504 e. The Morgan fingerprint density at radius 2 is 1.79 bits per heavy atom. The van der Waals surface area contributed by atoms with Gasteiger partial charge in [0.15, 0.2) is 21.6 Å². The van der Waals surface area contributed by atoms with Gasteiger partial charge in [0.2, 0.25) is 5.96 Å². The molecule has 0 aromatic heterocycles. The molecule has 0 fully saturated rings. The van der Waals surface area contributed by atoms with Crippen molar-refractivity contribution in [3.63, 3.8) is 0 Å². The Kier molecular flexibility index (Phi) is 5.56. The lowest BCUT2D eigenvalue weighted by atomic mass is 10.1. The van der Waals surface area contributed by atoms with E-state index >= 15 is 0 Å². The second kappa shape index (κ2) is 7.62. The van der Waals surface area contributed by atoms with Crippen LogP contribution in [0.5, 0.6) is 5.75 Å². The number of carbonyl (C=O) groups excluding carboxylic acids is 1. The van der Waals surface area contributed by atoms with Gasteiger partial charge in [-0.15, -0.1) is 0 Å². The maximum atomic E-state index is 12.5. The van der Waals surface area contributed by atoms with Gasteiger partial charge in [-0.3, -0.25) is 10.1 Å². The molecule has 3 rings (SSSR count). The molecule has 0 saturated heterocycles. The van der Waals surface area contributed by atoms with Gasteiger partial charge in [0.25, 0.3) is 5.91 Å². The van der Waals surface area contributed by atoms with E-state index in [2.05, 4.69) is 15.6 Å². The van der Waals surface area contributed by atoms with Gasteiger partial charge in [0, 0.05) is 5.02 Å². The van der Waals surface area contributed by atoms with E-state index in [1.54, 1.807) is 24.3 Å². The molecule has 3 N–H and O–H groups in total. The Hall–Kier alpha value is -2.29. The van der Waals surface area contributed by atoms with Crippen molar-refractivity contribution >= 4 is 50.6 Å². The molecule has 0 radical (unpaired) electrons. The molecule has 7 nitrogen and oxygen atoms in total. The molecule has 1 aliphatic heterocycles. The molecule has 1 atom stereocenters. The van der Waals surface area contributed by atoms with Crippen LogP contribution in [0.1, 0.15) is 25.5 Å². The molecule has 0 aliphatic carbocycles. The SMILES string of the molecule is CC(C)S(=O)(=O)c1c(Cl)ccc(NC2=NC(c3ccc(Cl)cc3)C(=O)N2)c1O. The highest BCUT2D eigenvalue weighted by Crippen LogP contribution is 2.39. The molecule has 0 spiro atoms. The fourth-order valence-corrected chi connectivity index (χ4v) is 4.41. The van der Waals surface area contributed by atoms with Gasteiger partial charge >= 0.3 is 0 Å². The second-order valence-electron chi connectivity index (χ2n) is 6.41. The van der Waals surface area contributed by atoms with Crippen LogP contribution in [-0.2, 0) is 14.6 Å². The van der Waals surface area contributed by atoms with E-state index in [1.807, 2.05) is 0 Å². The minimum atomic E-state index is -3.82. The summed E-state index contributed by atoms with van der Waals surface area (Å²) in [7, 11) is -3.82. The molecule has 1 heterocycles. The van der Waals surface area contributed by atoms with Crippen molar-refractivity contribution in [2.45, 2.75) is 30.0 Å². The Balaban J connectivity index is 1.93. The first-order chi connectivity index (χ1) is 13.1. The lowest BCUT2D eigenvalue weighted by Crippen LogP contribution is -2.31. The zero-order chi connectivity index (χ0) is 20.6. The summed E-state index contributed by atoms with van der Waals surface area (Å²) >= 11 is 11.9. The van der Waals surface area contributed by atoms with Crippen molar-refractivity contribution in [1.29, 1.82) is 0 Å². The number of sulfone groups is 1. The average molecular weight is 442 g/mol. The number of guanidine groups is 1. The average Bonchev–Trinajstić information content (AvgIpc) is 2.98. The quantitative estimate of drug-likeness (QED) is 0.628. The molecular weight excluding hydrogens is 425 g/mol. The molecule has 2 aromatic rings. The first kappa shape index (κ1) is 20.4. The Morgan fingerprint density at radius 1 is 1.14 bits per heavy atom. The number of aromatic hydroxyl groups is 1. The highest BCUT2D eigenvalue weighted by molar-refractivity contribution is 7.92. The molecule has 0 bridgehead atoms. The van der Waals surface area contributed by atoms with E-state index in [4.69, 9.17) is 23.2 Å². The third-order valence-electron chi connectivity index (χ3n) is 4.18. The monoisotopic (exact) mass is 441 g/mol. The third-order valence-corrected chi connectivity index (χ3v) is 7.08. The highest BCUT2D eigenvalue weighted by atomic mass is 35.5. The van der Waals surface area contributed by atoms with Crippen molar-refractivity contribution in [3.05, 3.63) is 52.0 Å². The van der Waals surface area contributed by atoms with Crippen LogP contribution >= 0.6 is 23.2 Å². The van der Waals surface area contributed by atoms with Gasteiger partial charge in [0.05, 0.1) is 16.0 Å². The lowest BCUT2D eigenvalue weighted by molar-refractivity contribution is -0.120. The number of phenols is 1. The maximum Gasteiger partial charge on any atom is 0.256 e. The summed E-state index contributed by atoms with van der Waals surface area (Å²) in [6, 6.07) is 8.65. The topological polar surface area (TPSA) is 108 Å². The molecule has 0 saturated carbocycles. The number of aliphatic imine (C=N–C) groups is 1. The van der Waals surface area contributed by atoms with Gasteiger partial charge in [-0.1, -0.05) is 35.3 Å². The first-order valence-electron chi connectivity index (χ1n) is 8.27. The van der Waals surface area contributed by atoms with Crippen LogP contribution in [0, 0.1) is 0 Å². The van der Waals surface area contributed by atoms with E-state index in [0.717, 1.165) is 0 Å². The molecule has 28 heavy (non-hydrogen) atoms. The van der Waals surface area contributed by atoms with Gasteiger partial charge in [-0.05, 0) is 43.7 Å². The first-order valence-corrected chi connectivity index (χ1v) is 10.6. The Bertz CT molecular complexity index is 1070. The predicted octanol–water partition coefficient (Wildman–Crippen LogP) is 3.52. The van der Waals surface area contributed by atoms with Crippen molar-refractivity contribution in [2.75, 3.05) is 5.32 Å². The summed E-state index contributed by atoms with van der Waals surface area (Å²) in [6.07, 6.45) is 0. The second-order valence-corrected chi connectivity index (χ2v) is 9.70. The van der Waals surface area contributed by atoms with E-state index in [1.165, 1.54) is 26.0 Å². The lowest BCUT2D eigenvalue weighted by Gasteiger charge is -2.15. The zero-order valence-corrected chi connectivity index (χ0v) is 17.2.